The van der Waals surface area contributed by atoms with Gasteiger partial charge in [0.1, 0.15) is 11.6 Å². The van der Waals surface area contributed by atoms with Gasteiger partial charge < -0.3 is 4.74 Å². The van der Waals surface area contributed by atoms with Crippen molar-refractivity contribution in [3.05, 3.63) is 64.9 Å². The molecular formula is C25H28ClF2N5O3S. The van der Waals surface area contributed by atoms with Crippen LogP contribution >= 0.6 is 11.6 Å². The second-order valence-corrected chi connectivity index (χ2v) is 11.1. The summed E-state index contributed by atoms with van der Waals surface area (Å²) in [5.74, 6) is -1.34. The van der Waals surface area contributed by atoms with Crippen LogP contribution < -0.4 is 9.46 Å². The van der Waals surface area contributed by atoms with E-state index in [9.17, 15) is 8.42 Å². The summed E-state index contributed by atoms with van der Waals surface area (Å²) in [5.41, 5.74) is 0.356. The number of nitrogens with one attached hydrogen (secondary N) is 1. The van der Waals surface area contributed by atoms with E-state index in [2.05, 4.69) is 38.3 Å². The number of pyridine rings is 2. The predicted molar refractivity (Wildman–Crippen MR) is 138 cm³/mol. The third-order valence-corrected chi connectivity index (χ3v) is 7.81. The molecule has 1 aliphatic rings. The van der Waals surface area contributed by atoms with Gasteiger partial charge >= 0.3 is 0 Å². The molecule has 0 bridgehead atoms. The molecule has 8 nitrogen and oxygen atoms in total. The van der Waals surface area contributed by atoms with Gasteiger partial charge in [0.05, 0.1) is 23.5 Å². The van der Waals surface area contributed by atoms with Crippen LogP contribution in [0.5, 0.6) is 5.88 Å². The number of hydrogen-bond donors (Lipinski definition) is 1. The van der Waals surface area contributed by atoms with Crippen LogP contribution in [0.25, 0.3) is 11.3 Å². The van der Waals surface area contributed by atoms with E-state index in [4.69, 9.17) is 16.3 Å². The van der Waals surface area contributed by atoms with Crippen LogP contribution in [0, 0.1) is 11.6 Å². The van der Waals surface area contributed by atoms with E-state index in [1.165, 1.54) is 43.8 Å². The van der Waals surface area contributed by atoms with Gasteiger partial charge in [-0.05, 0) is 44.2 Å². The molecule has 1 aromatic carbocycles. The van der Waals surface area contributed by atoms with Crippen LogP contribution in [-0.2, 0) is 16.6 Å². The summed E-state index contributed by atoms with van der Waals surface area (Å²) in [4.78, 5) is 12.2. The topological polar surface area (TPSA) is 87.7 Å². The lowest BCUT2D eigenvalue weighted by Gasteiger charge is -2.37. The zero-order valence-electron chi connectivity index (χ0n) is 20.7. The Kier molecular flexibility index (Phi) is 8.27. The molecule has 37 heavy (non-hydrogen) atoms. The molecule has 0 saturated carbocycles. The van der Waals surface area contributed by atoms with E-state index >= 15 is 8.78 Å². The van der Waals surface area contributed by atoms with E-state index < -0.39 is 21.7 Å². The smallest absolute Gasteiger partial charge is 0.267 e. The largest absolute Gasteiger partial charge is 0.480 e. The van der Waals surface area contributed by atoms with Gasteiger partial charge in [-0.2, -0.15) is 0 Å². The summed E-state index contributed by atoms with van der Waals surface area (Å²) in [6.45, 7) is 7.89. The van der Waals surface area contributed by atoms with Gasteiger partial charge in [0.25, 0.3) is 10.0 Å². The van der Waals surface area contributed by atoms with Crippen molar-refractivity contribution in [2.24, 2.45) is 0 Å². The Morgan fingerprint density at radius 2 is 1.81 bits per heavy atom. The second-order valence-electron chi connectivity index (χ2n) is 9.03. The minimum absolute atomic E-state index is 0.0740. The average Bonchev–Trinajstić information content (AvgIpc) is 2.86. The number of piperazine rings is 1. The average molecular weight is 552 g/mol. The van der Waals surface area contributed by atoms with Crippen molar-refractivity contribution in [2.75, 3.05) is 38.0 Å². The first-order valence-corrected chi connectivity index (χ1v) is 13.6. The number of aromatic nitrogens is 2. The third-order valence-electron chi connectivity index (χ3n) is 6.22. The number of anilines is 1. The molecule has 4 rings (SSSR count). The fraction of sp³-hybridized carbons (Fsp3) is 0.360. The summed E-state index contributed by atoms with van der Waals surface area (Å²) >= 11 is 5.91. The van der Waals surface area contributed by atoms with Gasteiger partial charge in [-0.15, -0.1) is 0 Å². The number of nitrogens with zero attached hydrogens (tertiary/aromatic N) is 4. The molecule has 12 heteroatoms. The quantitative estimate of drug-likeness (QED) is 0.444. The van der Waals surface area contributed by atoms with Gasteiger partial charge in [-0.3, -0.25) is 19.5 Å². The van der Waals surface area contributed by atoms with Gasteiger partial charge in [-0.1, -0.05) is 11.6 Å². The highest BCUT2D eigenvalue weighted by Crippen LogP contribution is 2.29. The lowest BCUT2D eigenvalue weighted by Crippen LogP contribution is -2.48. The van der Waals surface area contributed by atoms with Crippen molar-refractivity contribution in [3.8, 4) is 17.1 Å². The van der Waals surface area contributed by atoms with Crippen LogP contribution in [0.2, 0.25) is 5.02 Å². The fourth-order valence-corrected chi connectivity index (χ4v) is 5.61. The molecule has 1 aliphatic heterocycles. The van der Waals surface area contributed by atoms with Crippen LogP contribution in [-0.4, -0.2) is 67.5 Å². The normalized spacial score (nSPS) is 15.2. The Morgan fingerprint density at radius 3 is 2.49 bits per heavy atom. The molecule has 0 radical (unpaired) electrons. The summed E-state index contributed by atoms with van der Waals surface area (Å²) in [7, 11) is -2.87. The maximum absolute atomic E-state index is 15.1. The monoisotopic (exact) mass is 551 g/mol. The number of hydrogen-bond acceptors (Lipinski definition) is 7. The maximum Gasteiger partial charge on any atom is 0.267 e. The van der Waals surface area contributed by atoms with Gasteiger partial charge in [0.15, 0.2) is 4.90 Å². The predicted octanol–water partition coefficient (Wildman–Crippen LogP) is 4.41. The molecular weight excluding hydrogens is 524 g/mol. The Balaban J connectivity index is 1.54. The van der Waals surface area contributed by atoms with Gasteiger partial charge in [-0.25, -0.2) is 22.2 Å². The van der Waals surface area contributed by atoms with Crippen molar-refractivity contribution in [3.63, 3.8) is 0 Å². The van der Waals surface area contributed by atoms with E-state index in [1.54, 1.807) is 0 Å². The van der Waals surface area contributed by atoms with E-state index in [0.717, 1.165) is 32.2 Å². The van der Waals surface area contributed by atoms with E-state index in [-0.39, 0.29) is 38.3 Å². The molecule has 198 valence electrons. The molecule has 0 atom stereocenters. The lowest BCUT2D eigenvalue weighted by atomic mass is 10.1. The first-order valence-electron chi connectivity index (χ1n) is 11.7. The lowest BCUT2D eigenvalue weighted by molar-refractivity contribution is 0.103. The second kappa shape index (κ2) is 11.3. The molecule has 1 fully saturated rings. The van der Waals surface area contributed by atoms with Crippen molar-refractivity contribution in [1.29, 1.82) is 0 Å². The summed E-state index contributed by atoms with van der Waals surface area (Å²) in [6, 6.07) is 6.65. The Morgan fingerprint density at radius 1 is 1.08 bits per heavy atom. The molecule has 3 heterocycles. The van der Waals surface area contributed by atoms with E-state index in [1.807, 2.05) is 0 Å². The van der Waals surface area contributed by atoms with Crippen LogP contribution in [0.1, 0.15) is 19.4 Å². The SMILES string of the molecule is COc1ncc(Cl)cc1S(=O)(=O)Nc1ccnc(-c2cc(F)c(CN3CCN(C(C)C)CC3)cc2F)c1. The molecule has 2 aromatic heterocycles. The van der Waals surface area contributed by atoms with Crippen LogP contribution in [0.3, 0.4) is 0 Å². The molecule has 0 aliphatic carbocycles. The fourth-order valence-electron chi connectivity index (χ4n) is 4.19. The zero-order chi connectivity index (χ0) is 26.7. The zero-order valence-corrected chi connectivity index (χ0v) is 22.3. The number of rotatable bonds is 8. The van der Waals surface area contributed by atoms with Crippen molar-refractivity contribution < 1.29 is 21.9 Å². The van der Waals surface area contributed by atoms with Crippen molar-refractivity contribution in [2.45, 2.75) is 31.3 Å². The Hall–Kier alpha value is -2.86. The minimum atomic E-state index is -4.15. The summed E-state index contributed by atoms with van der Waals surface area (Å²) < 4.78 is 63.4. The standard InChI is InChI=1S/C25H28ClF2N5O3S/c1-16(2)33-8-6-32(7-9-33)15-17-10-22(28)20(13-21(17)27)23-12-19(4-5-29-23)31-37(34,35)24-11-18(26)14-30-25(24)36-3/h4-5,10-14,16H,6-9,15H2,1-3H3,(H,29,31). The molecule has 3 aromatic rings. The Bertz CT molecular complexity index is 1380. The van der Waals surface area contributed by atoms with Gasteiger partial charge in [0.2, 0.25) is 5.88 Å². The maximum atomic E-state index is 15.1. The van der Waals surface area contributed by atoms with Gasteiger partial charge in [0, 0.05) is 62.3 Å². The van der Waals surface area contributed by atoms with Crippen molar-refractivity contribution >= 4 is 27.3 Å². The molecule has 1 saturated heterocycles. The number of halogens is 3. The number of sulfonamides is 1. The summed E-state index contributed by atoms with van der Waals surface area (Å²) in [6.07, 6.45) is 2.57. The minimum Gasteiger partial charge on any atom is -0.480 e. The third kappa shape index (κ3) is 6.35. The van der Waals surface area contributed by atoms with Crippen LogP contribution in [0.15, 0.2) is 47.6 Å². The molecule has 1 N–H and O–H groups in total. The highest BCUT2D eigenvalue weighted by atomic mass is 35.5. The first-order chi connectivity index (χ1) is 17.6. The molecule has 0 amide bonds. The molecule has 0 spiro atoms. The van der Waals surface area contributed by atoms with Crippen LogP contribution in [0.4, 0.5) is 14.5 Å². The number of benzene rings is 1. The summed E-state index contributed by atoms with van der Waals surface area (Å²) in [5, 5.41) is 0.107. The highest BCUT2D eigenvalue weighted by Gasteiger charge is 2.23. The van der Waals surface area contributed by atoms with E-state index in [0.29, 0.717) is 12.6 Å². The highest BCUT2D eigenvalue weighted by molar-refractivity contribution is 7.92. The number of ether oxygens (including phenoxy) is 1. The Labute approximate surface area is 220 Å². The first kappa shape index (κ1) is 27.2. The van der Waals surface area contributed by atoms with Crippen molar-refractivity contribution in [1.82, 2.24) is 19.8 Å². The molecule has 0 unspecified atom stereocenters. The number of methoxy groups -OCH3 is 1.